The Morgan fingerprint density at radius 1 is 0.731 bits per heavy atom. The third-order valence-corrected chi connectivity index (χ3v) is 11.1. The first-order valence-electron chi connectivity index (χ1n) is 9.49. The highest BCUT2D eigenvalue weighted by Crippen LogP contribution is 2.51. The van der Waals surface area contributed by atoms with E-state index in [1.54, 1.807) is 5.30 Å². The summed E-state index contributed by atoms with van der Waals surface area (Å²) in [6, 6.07) is 33.6. The second-order valence-electron chi connectivity index (χ2n) is 7.26. The van der Waals surface area contributed by atoms with Crippen molar-refractivity contribution in [3.05, 3.63) is 91.0 Å². The van der Waals surface area contributed by atoms with E-state index in [0.29, 0.717) is 0 Å². The summed E-state index contributed by atoms with van der Waals surface area (Å²) in [6.07, 6.45) is 4.13. The molecule has 0 bridgehead atoms. The van der Waals surface area contributed by atoms with Crippen LogP contribution in [0.3, 0.4) is 0 Å². The minimum atomic E-state index is -0.266. The minimum absolute atomic E-state index is 0.0231. The normalized spacial score (nSPS) is 22.6. The molecule has 0 radical (unpaired) electrons. The Balaban J connectivity index is 1.56. The standard InChI is InChI=1S/C24H26P2/c1-20-17-25(22-11-5-2-6-12-22)18-21(20)19-26(23-13-7-3-8-14-23)24-15-9-4-10-16-24/h2-16,20-21H,17-19H2,1H3/t20-,21-,25?/m1/s1. The maximum Gasteiger partial charge on any atom is -0.0195 e. The zero-order valence-electron chi connectivity index (χ0n) is 15.3. The van der Waals surface area contributed by atoms with E-state index in [1.807, 2.05) is 0 Å². The van der Waals surface area contributed by atoms with Crippen molar-refractivity contribution >= 4 is 31.8 Å². The molecule has 0 aliphatic carbocycles. The molecule has 1 aliphatic rings. The van der Waals surface area contributed by atoms with Crippen LogP contribution in [-0.4, -0.2) is 18.5 Å². The number of hydrogen-bond acceptors (Lipinski definition) is 0. The van der Waals surface area contributed by atoms with Gasteiger partial charge in [0.25, 0.3) is 0 Å². The Bertz CT molecular complexity index is 762. The quantitative estimate of drug-likeness (QED) is 0.538. The van der Waals surface area contributed by atoms with Crippen molar-refractivity contribution in [2.24, 2.45) is 11.8 Å². The Labute approximate surface area is 160 Å². The highest BCUT2D eigenvalue weighted by atomic mass is 31.1. The lowest BCUT2D eigenvalue weighted by molar-refractivity contribution is 0.500. The van der Waals surface area contributed by atoms with Crippen LogP contribution in [0.4, 0.5) is 0 Å². The summed E-state index contributed by atoms with van der Waals surface area (Å²) >= 11 is 0. The summed E-state index contributed by atoms with van der Waals surface area (Å²) < 4.78 is 0. The van der Waals surface area contributed by atoms with Gasteiger partial charge in [-0.2, -0.15) is 0 Å². The van der Waals surface area contributed by atoms with Crippen LogP contribution < -0.4 is 15.9 Å². The van der Waals surface area contributed by atoms with Crippen LogP contribution in [0.2, 0.25) is 0 Å². The van der Waals surface area contributed by atoms with E-state index in [1.165, 1.54) is 29.1 Å². The molecule has 0 spiro atoms. The molecule has 1 unspecified atom stereocenters. The van der Waals surface area contributed by atoms with E-state index in [4.69, 9.17) is 0 Å². The molecule has 4 rings (SSSR count). The van der Waals surface area contributed by atoms with Crippen molar-refractivity contribution in [3.8, 4) is 0 Å². The molecule has 0 N–H and O–H groups in total. The summed E-state index contributed by atoms with van der Waals surface area (Å²) in [7, 11) is -0.243. The molecular formula is C24H26P2. The topological polar surface area (TPSA) is 0 Å². The molecule has 1 aliphatic heterocycles. The minimum Gasteiger partial charge on any atom is -0.0747 e. The molecular weight excluding hydrogens is 350 g/mol. The van der Waals surface area contributed by atoms with Crippen LogP contribution in [-0.2, 0) is 0 Å². The van der Waals surface area contributed by atoms with E-state index < -0.39 is 0 Å². The predicted molar refractivity (Wildman–Crippen MR) is 119 cm³/mol. The van der Waals surface area contributed by atoms with Gasteiger partial charge in [0.05, 0.1) is 0 Å². The van der Waals surface area contributed by atoms with Crippen molar-refractivity contribution in [3.63, 3.8) is 0 Å². The predicted octanol–water partition coefficient (Wildman–Crippen LogP) is 5.19. The average molecular weight is 376 g/mol. The SMILES string of the molecule is C[C@@H]1CP(c2ccccc2)C[C@@H]1CP(c1ccccc1)c1ccccc1. The van der Waals surface area contributed by atoms with Crippen LogP contribution in [0.5, 0.6) is 0 Å². The molecule has 0 saturated carbocycles. The molecule has 3 aromatic rings. The van der Waals surface area contributed by atoms with Gasteiger partial charge in [-0.3, -0.25) is 0 Å². The fourth-order valence-corrected chi connectivity index (χ4v) is 10.1. The van der Waals surface area contributed by atoms with Crippen LogP contribution >= 0.6 is 15.8 Å². The molecule has 1 saturated heterocycles. The van der Waals surface area contributed by atoms with Crippen molar-refractivity contribution < 1.29 is 0 Å². The van der Waals surface area contributed by atoms with Crippen molar-refractivity contribution in [1.82, 2.24) is 0 Å². The van der Waals surface area contributed by atoms with Crippen molar-refractivity contribution in [2.45, 2.75) is 6.92 Å². The van der Waals surface area contributed by atoms with E-state index in [9.17, 15) is 0 Å². The monoisotopic (exact) mass is 376 g/mol. The van der Waals surface area contributed by atoms with Crippen LogP contribution in [0.1, 0.15) is 6.92 Å². The third kappa shape index (κ3) is 4.09. The van der Waals surface area contributed by atoms with Gasteiger partial charge < -0.3 is 0 Å². The maximum absolute atomic E-state index is 2.49. The zero-order valence-corrected chi connectivity index (χ0v) is 17.1. The summed E-state index contributed by atoms with van der Waals surface area (Å²) in [5.41, 5.74) is 0. The summed E-state index contributed by atoms with van der Waals surface area (Å²) in [4.78, 5) is 0. The van der Waals surface area contributed by atoms with Gasteiger partial charge in [-0.1, -0.05) is 106 Å². The molecule has 2 heteroatoms. The van der Waals surface area contributed by atoms with Crippen LogP contribution in [0.25, 0.3) is 0 Å². The molecule has 132 valence electrons. The Morgan fingerprint density at radius 2 is 1.23 bits per heavy atom. The third-order valence-electron chi connectivity index (χ3n) is 5.44. The molecule has 3 aromatic carbocycles. The molecule has 0 amide bonds. The Hall–Kier alpha value is -1.48. The lowest BCUT2D eigenvalue weighted by Crippen LogP contribution is -2.21. The highest BCUT2D eigenvalue weighted by Gasteiger charge is 2.33. The van der Waals surface area contributed by atoms with Gasteiger partial charge in [-0.25, -0.2) is 0 Å². The Morgan fingerprint density at radius 3 is 1.77 bits per heavy atom. The first kappa shape index (κ1) is 17.9. The Kier molecular flexibility index (Phi) is 5.84. The smallest absolute Gasteiger partial charge is 0.0195 e. The largest absolute Gasteiger partial charge is 0.0747 e. The molecule has 1 heterocycles. The average Bonchev–Trinajstić information content (AvgIpc) is 3.08. The molecule has 1 fully saturated rings. The summed E-state index contributed by atoms with van der Waals surface area (Å²) in [5, 5.41) is 4.65. The first-order chi connectivity index (χ1) is 12.8. The van der Waals surface area contributed by atoms with Gasteiger partial charge in [0.1, 0.15) is 0 Å². The highest BCUT2D eigenvalue weighted by molar-refractivity contribution is 7.73. The van der Waals surface area contributed by atoms with Crippen molar-refractivity contribution in [2.75, 3.05) is 18.5 Å². The summed E-state index contributed by atoms with van der Waals surface area (Å²) in [5.74, 6) is 1.67. The molecule has 26 heavy (non-hydrogen) atoms. The molecule has 0 aromatic heterocycles. The van der Waals surface area contributed by atoms with E-state index in [2.05, 4.69) is 97.9 Å². The van der Waals surface area contributed by atoms with E-state index >= 15 is 0 Å². The first-order valence-corrected chi connectivity index (χ1v) is 12.7. The maximum atomic E-state index is 2.49. The van der Waals surface area contributed by atoms with Crippen LogP contribution in [0, 0.1) is 11.8 Å². The number of hydrogen-bond donors (Lipinski definition) is 0. The van der Waals surface area contributed by atoms with Gasteiger partial charge in [-0.05, 0) is 54.2 Å². The van der Waals surface area contributed by atoms with Gasteiger partial charge in [-0.15, -0.1) is 0 Å². The second-order valence-corrected chi connectivity index (χ2v) is 11.8. The van der Waals surface area contributed by atoms with E-state index in [-0.39, 0.29) is 15.8 Å². The fourth-order valence-electron chi connectivity index (χ4n) is 3.93. The molecule has 3 atom stereocenters. The lowest BCUT2D eigenvalue weighted by Gasteiger charge is -2.24. The number of rotatable bonds is 5. The van der Waals surface area contributed by atoms with Gasteiger partial charge in [0.15, 0.2) is 0 Å². The zero-order chi connectivity index (χ0) is 17.8. The van der Waals surface area contributed by atoms with Gasteiger partial charge >= 0.3 is 0 Å². The van der Waals surface area contributed by atoms with Crippen molar-refractivity contribution in [1.29, 1.82) is 0 Å². The van der Waals surface area contributed by atoms with E-state index in [0.717, 1.165) is 11.8 Å². The number of benzene rings is 3. The summed E-state index contributed by atoms with van der Waals surface area (Å²) in [6.45, 7) is 2.49. The second kappa shape index (κ2) is 8.47. The fraction of sp³-hybridized carbons (Fsp3) is 0.250. The van der Waals surface area contributed by atoms with Crippen LogP contribution in [0.15, 0.2) is 91.0 Å². The van der Waals surface area contributed by atoms with Gasteiger partial charge in [0, 0.05) is 0 Å². The lowest BCUT2D eigenvalue weighted by atomic mass is 10.0. The molecule has 0 nitrogen and oxygen atoms in total. The van der Waals surface area contributed by atoms with Gasteiger partial charge in [0.2, 0.25) is 0 Å².